The fourth-order valence-electron chi connectivity index (χ4n) is 5.18. The zero-order valence-electron chi connectivity index (χ0n) is 22.1. The first-order valence-electron chi connectivity index (χ1n) is 13.0. The third-order valence-electron chi connectivity index (χ3n) is 7.34. The van der Waals surface area contributed by atoms with Gasteiger partial charge in [-0.1, -0.05) is 35.9 Å². The van der Waals surface area contributed by atoms with Gasteiger partial charge in [0.25, 0.3) is 5.91 Å². The number of carbonyl (C=O) groups excluding carboxylic acids is 1. The lowest BCUT2D eigenvalue weighted by atomic mass is 9.87. The lowest BCUT2D eigenvalue weighted by Gasteiger charge is -2.38. The van der Waals surface area contributed by atoms with Crippen LogP contribution in [-0.2, 0) is 4.74 Å². The SMILES string of the molecule is COc1cc(N)c(Cl)cc1C(=O)N[C@@H]1CCN(CCCC(c2ccc(F)cc2)c2ccc(F)cc2)C[C@@H]1OC. The number of halogens is 3. The summed E-state index contributed by atoms with van der Waals surface area (Å²) in [5.41, 5.74) is 8.50. The first kappa shape index (κ1) is 28.8. The molecule has 1 saturated heterocycles. The van der Waals surface area contributed by atoms with E-state index in [1.807, 2.05) is 0 Å². The summed E-state index contributed by atoms with van der Waals surface area (Å²) >= 11 is 6.14. The van der Waals surface area contributed by atoms with Crippen LogP contribution in [0.2, 0.25) is 5.02 Å². The number of anilines is 1. The van der Waals surface area contributed by atoms with E-state index in [1.54, 1.807) is 37.4 Å². The van der Waals surface area contributed by atoms with Crippen LogP contribution in [0.3, 0.4) is 0 Å². The molecule has 3 aromatic carbocycles. The molecule has 6 nitrogen and oxygen atoms in total. The Morgan fingerprint density at radius 1 is 1.08 bits per heavy atom. The maximum Gasteiger partial charge on any atom is 0.255 e. The zero-order valence-corrected chi connectivity index (χ0v) is 22.9. The minimum Gasteiger partial charge on any atom is -0.496 e. The van der Waals surface area contributed by atoms with E-state index in [4.69, 9.17) is 26.8 Å². The Hall–Kier alpha value is -3.20. The predicted molar refractivity (Wildman–Crippen MR) is 149 cm³/mol. The number of likely N-dealkylation sites (tertiary alicyclic amines) is 1. The molecule has 0 radical (unpaired) electrons. The van der Waals surface area contributed by atoms with Crippen LogP contribution in [0.1, 0.15) is 46.7 Å². The Balaban J connectivity index is 1.36. The highest BCUT2D eigenvalue weighted by Crippen LogP contribution is 2.31. The molecule has 0 spiro atoms. The molecular weight excluding hydrogens is 524 g/mol. The van der Waals surface area contributed by atoms with E-state index >= 15 is 0 Å². The first-order chi connectivity index (χ1) is 18.8. The average Bonchev–Trinajstić information content (AvgIpc) is 2.94. The summed E-state index contributed by atoms with van der Waals surface area (Å²) in [7, 11) is 3.12. The lowest BCUT2D eigenvalue weighted by Crippen LogP contribution is -2.54. The Morgan fingerprint density at radius 2 is 1.69 bits per heavy atom. The van der Waals surface area contributed by atoms with Crippen LogP contribution < -0.4 is 15.8 Å². The van der Waals surface area contributed by atoms with Crippen LogP contribution in [0.4, 0.5) is 14.5 Å². The number of nitrogens with one attached hydrogen (secondary N) is 1. The number of amides is 1. The van der Waals surface area contributed by atoms with Crippen LogP contribution in [0, 0.1) is 11.6 Å². The van der Waals surface area contributed by atoms with E-state index in [0.29, 0.717) is 35.0 Å². The van der Waals surface area contributed by atoms with Gasteiger partial charge in [0.15, 0.2) is 0 Å². The first-order valence-corrected chi connectivity index (χ1v) is 13.4. The minimum absolute atomic E-state index is 0.0305. The third-order valence-corrected chi connectivity index (χ3v) is 7.67. The second-order valence-electron chi connectivity index (χ2n) is 9.82. The molecule has 2 atom stereocenters. The molecule has 0 aromatic heterocycles. The second kappa shape index (κ2) is 13.2. The summed E-state index contributed by atoms with van der Waals surface area (Å²) in [6.07, 6.45) is 2.23. The predicted octanol–water partition coefficient (Wildman–Crippen LogP) is 5.64. The molecule has 3 N–H and O–H groups in total. The van der Waals surface area contributed by atoms with Crippen molar-refractivity contribution in [2.24, 2.45) is 0 Å². The Labute approximate surface area is 233 Å². The number of rotatable bonds is 10. The molecule has 1 heterocycles. The highest BCUT2D eigenvalue weighted by Gasteiger charge is 2.31. The van der Waals surface area contributed by atoms with Crippen LogP contribution >= 0.6 is 11.6 Å². The molecule has 0 aliphatic carbocycles. The number of benzene rings is 3. The summed E-state index contributed by atoms with van der Waals surface area (Å²) < 4.78 is 38.2. The lowest BCUT2D eigenvalue weighted by molar-refractivity contribution is 0.00593. The molecule has 1 aliphatic rings. The Kier molecular flexibility index (Phi) is 9.78. The quantitative estimate of drug-likeness (QED) is 0.315. The van der Waals surface area contributed by atoms with Crippen LogP contribution in [0.5, 0.6) is 5.75 Å². The van der Waals surface area contributed by atoms with Gasteiger partial charge in [-0.05, 0) is 67.3 Å². The Bertz CT molecular complexity index is 1210. The number of nitrogen functional groups attached to an aromatic ring is 1. The maximum absolute atomic E-state index is 13.5. The molecular formula is C30H34ClF2N3O3. The van der Waals surface area contributed by atoms with Crippen molar-refractivity contribution in [3.05, 3.63) is 94.0 Å². The molecule has 3 aromatic rings. The second-order valence-corrected chi connectivity index (χ2v) is 10.2. The van der Waals surface area contributed by atoms with E-state index in [-0.39, 0.29) is 35.6 Å². The van der Waals surface area contributed by atoms with Crippen LogP contribution in [0.15, 0.2) is 60.7 Å². The zero-order chi connectivity index (χ0) is 27.9. The average molecular weight is 558 g/mol. The van der Waals surface area contributed by atoms with Crippen molar-refractivity contribution in [1.82, 2.24) is 10.2 Å². The van der Waals surface area contributed by atoms with E-state index in [9.17, 15) is 13.6 Å². The Morgan fingerprint density at radius 3 is 2.26 bits per heavy atom. The number of methoxy groups -OCH3 is 2. The van der Waals surface area contributed by atoms with Gasteiger partial charge in [0.1, 0.15) is 17.4 Å². The standard InChI is InChI=1S/C30H34ClF2N3O3/c1-38-28-17-26(34)25(31)16-24(28)30(37)35-27-13-15-36(18-29(27)39-2)14-3-4-23(19-5-9-21(32)10-6-19)20-7-11-22(33)12-8-20/h5-12,16-17,23,27,29H,3-4,13-15,18,34H2,1-2H3,(H,35,37)/t27-,29+/m1/s1. The monoisotopic (exact) mass is 557 g/mol. The highest BCUT2D eigenvalue weighted by molar-refractivity contribution is 6.33. The smallest absolute Gasteiger partial charge is 0.255 e. The number of piperidine rings is 1. The number of nitrogens with zero attached hydrogens (tertiary/aromatic N) is 1. The molecule has 39 heavy (non-hydrogen) atoms. The fourth-order valence-corrected chi connectivity index (χ4v) is 5.35. The number of ether oxygens (including phenoxy) is 2. The molecule has 1 fully saturated rings. The molecule has 1 amide bonds. The topological polar surface area (TPSA) is 76.8 Å². The van der Waals surface area contributed by atoms with Gasteiger partial charge in [0, 0.05) is 32.2 Å². The molecule has 0 bridgehead atoms. The van der Waals surface area contributed by atoms with Gasteiger partial charge in [-0.3, -0.25) is 4.79 Å². The van der Waals surface area contributed by atoms with Gasteiger partial charge >= 0.3 is 0 Å². The van der Waals surface area contributed by atoms with E-state index in [1.165, 1.54) is 37.4 Å². The summed E-state index contributed by atoms with van der Waals surface area (Å²) in [5.74, 6) is -0.471. The number of carbonyl (C=O) groups is 1. The maximum atomic E-state index is 13.5. The molecule has 0 saturated carbocycles. The van der Waals surface area contributed by atoms with Crippen LogP contribution in [0.25, 0.3) is 0 Å². The van der Waals surface area contributed by atoms with Gasteiger partial charge in [-0.25, -0.2) is 8.78 Å². The van der Waals surface area contributed by atoms with E-state index in [2.05, 4.69) is 10.2 Å². The van der Waals surface area contributed by atoms with Crippen molar-refractivity contribution < 1.29 is 23.0 Å². The van der Waals surface area contributed by atoms with Crippen molar-refractivity contribution in [1.29, 1.82) is 0 Å². The van der Waals surface area contributed by atoms with Crippen molar-refractivity contribution in [3.8, 4) is 5.75 Å². The highest BCUT2D eigenvalue weighted by atomic mass is 35.5. The normalized spacial score (nSPS) is 17.8. The summed E-state index contributed by atoms with van der Waals surface area (Å²) in [6.45, 7) is 2.29. The molecule has 208 valence electrons. The summed E-state index contributed by atoms with van der Waals surface area (Å²) in [4.78, 5) is 15.4. The van der Waals surface area contributed by atoms with Gasteiger partial charge in [0.2, 0.25) is 0 Å². The van der Waals surface area contributed by atoms with E-state index < -0.39 is 0 Å². The van der Waals surface area contributed by atoms with Crippen molar-refractivity contribution in [2.45, 2.75) is 37.3 Å². The van der Waals surface area contributed by atoms with Crippen molar-refractivity contribution in [3.63, 3.8) is 0 Å². The fraction of sp³-hybridized carbons (Fsp3) is 0.367. The van der Waals surface area contributed by atoms with Gasteiger partial charge in [-0.2, -0.15) is 0 Å². The minimum atomic E-state index is -0.296. The van der Waals surface area contributed by atoms with Crippen LogP contribution in [-0.4, -0.2) is 56.8 Å². The molecule has 0 unspecified atom stereocenters. The number of hydrogen-bond acceptors (Lipinski definition) is 5. The van der Waals surface area contributed by atoms with Crippen molar-refractivity contribution in [2.75, 3.05) is 39.6 Å². The number of hydrogen-bond donors (Lipinski definition) is 2. The molecule has 1 aliphatic heterocycles. The molecule has 9 heteroatoms. The molecule has 4 rings (SSSR count). The number of nitrogens with two attached hydrogens (primary N) is 1. The van der Waals surface area contributed by atoms with Gasteiger partial charge in [0.05, 0.1) is 35.5 Å². The summed E-state index contributed by atoms with van der Waals surface area (Å²) in [5, 5.41) is 3.36. The van der Waals surface area contributed by atoms with Crippen molar-refractivity contribution >= 4 is 23.2 Å². The summed E-state index contributed by atoms with van der Waals surface area (Å²) in [6, 6.07) is 15.9. The largest absolute Gasteiger partial charge is 0.496 e. The van der Waals surface area contributed by atoms with Gasteiger partial charge < -0.3 is 25.4 Å². The third kappa shape index (κ3) is 7.26. The van der Waals surface area contributed by atoms with Gasteiger partial charge in [-0.15, -0.1) is 0 Å². The van der Waals surface area contributed by atoms with E-state index in [0.717, 1.165) is 37.1 Å².